The maximum atomic E-state index is 11.2. The van der Waals surface area contributed by atoms with Gasteiger partial charge in [0.15, 0.2) is 0 Å². The first-order valence-corrected chi connectivity index (χ1v) is 6.52. The molecule has 1 aromatic rings. The maximum Gasteiger partial charge on any atom is 0.308 e. The molecule has 0 saturated carbocycles. The molecule has 0 aliphatic carbocycles. The van der Waals surface area contributed by atoms with E-state index < -0.39 is 0 Å². The number of ether oxygens (including phenoxy) is 2. The second-order valence-electron chi connectivity index (χ2n) is 4.08. The van der Waals surface area contributed by atoms with Crippen molar-refractivity contribution in [1.82, 2.24) is 4.98 Å². The third-order valence-corrected chi connectivity index (χ3v) is 3.25. The first-order chi connectivity index (χ1) is 8.69. The molecule has 98 valence electrons. The third-order valence-electron chi connectivity index (χ3n) is 2.82. The number of carbonyl (C=O) groups excluding carboxylic acids is 1. The second-order valence-corrected chi connectivity index (χ2v) is 5.00. The quantitative estimate of drug-likeness (QED) is 0.793. The molecular weight excluding hydrogens is 300 g/mol. The number of halogens is 1. The van der Waals surface area contributed by atoms with E-state index in [2.05, 4.69) is 30.6 Å². The normalized spacial score (nSPS) is 19.7. The molecule has 0 aromatic carbocycles. The van der Waals surface area contributed by atoms with Crippen molar-refractivity contribution in [2.24, 2.45) is 0 Å². The Morgan fingerprint density at radius 3 is 3.22 bits per heavy atom. The fourth-order valence-electron chi connectivity index (χ4n) is 1.92. The summed E-state index contributed by atoms with van der Waals surface area (Å²) in [4.78, 5) is 17.5. The van der Waals surface area contributed by atoms with Crippen LogP contribution in [0.2, 0.25) is 0 Å². The highest BCUT2D eigenvalue weighted by Gasteiger charge is 2.23. The van der Waals surface area contributed by atoms with Gasteiger partial charge >= 0.3 is 5.97 Å². The van der Waals surface area contributed by atoms with Crippen LogP contribution in [0.3, 0.4) is 0 Å². The molecular formula is C12H15BrN2O3. The molecule has 1 atom stereocenters. The van der Waals surface area contributed by atoms with Crippen molar-refractivity contribution in [1.29, 1.82) is 0 Å². The van der Waals surface area contributed by atoms with Crippen LogP contribution < -0.4 is 4.90 Å². The molecule has 0 unspecified atom stereocenters. The van der Waals surface area contributed by atoms with Gasteiger partial charge in [0.05, 0.1) is 38.1 Å². The molecule has 6 heteroatoms. The molecule has 2 rings (SSSR count). The number of hydrogen-bond acceptors (Lipinski definition) is 5. The number of hydrogen-bond donors (Lipinski definition) is 0. The molecule has 0 radical (unpaired) electrons. The fourth-order valence-corrected chi connectivity index (χ4v) is 2.27. The maximum absolute atomic E-state index is 11.2. The zero-order valence-electron chi connectivity index (χ0n) is 10.1. The number of aromatic nitrogens is 1. The topological polar surface area (TPSA) is 51.7 Å². The average Bonchev–Trinajstić information content (AvgIpc) is 2.39. The van der Waals surface area contributed by atoms with Crippen molar-refractivity contribution in [3.63, 3.8) is 0 Å². The summed E-state index contributed by atoms with van der Waals surface area (Å²) in [6, 6.07) is 2.01. The van der Waals surface area contributed by atoms with E-state index in [0.717, 1.165) is 16.7 Å². The Morgan fingerprint density at radius 1 is 1.67 bits per heavy atom. The summed E-state index contributed by atoms with van der Waals surface area (Å²) >= 11 is 3.40. The van der Waals surface area contributed by atoms with Gasteiger partial charge in [-0.3, -0.25) is 9.78 Å². The minimum absolute atomic E-state index is 0.120. The first kappa shape index (κ1) is 13.3. The first-order valence-electron chi connectivity index (χ1n) is 5.73. The Kier molecular flexibility index (Phi) is 4.54. The van der Waals surface area contributed by atoms with Crippen molar-refractivity contribution >= 4 is 27.6 Å². The lowest BCUT2D eigenvalue weighted by Gasteiger charge is -2.33. The van der Waals surface area contributed by atoms with Gasteiger partial charge in [0.2, 0.25) is 0 Å². The molecule has 0 spiro atoms. The van der Waals surface area contributed by atoms with Gasteiger partial charge in [-0.1, -0.05) is 0 Å². The smallest absolute Gasteiger partial charge is 0.308 e. The average molecular weight is 315 g/mol. The molecule has 18 heavy (non-hydrogen) atoms. The minimum atomic E-state index is -0.241. The van der Waals surface area contributed by atoms with Crippen LogP contribution in [0.4, 0.5) is 5.69 Å². The van der Waals surface area contributed by atoms with E-state index in [-0.39, 0.29) is 18.5 Å². The van der Waals surface area contributed by atoms with Crippen LogP contribution in [-0.2, 0) is 14.3 Å². The van der Waals surface area contributed by atoms with Gasteiger partial charge in [-0.25, -0.2) is 0 Å². The van der Waals surface area contributed by atoms with Crippen molar-refractivity contribution in [3.05, 3.63) is 22.9 Å². The van der Waals surface area contributed by atoms with Crippen LogP contribution in [-0.4, -0.2) is 43.9 Å². The molecule has 2 heterocycles. The third kappa shape index (κ3) is 3.43. The summed E-state index contributed by atoms with van der Waals surface area (Å²) in [5.74, 6) is -0.241. The lowest BCUT2D eigenvalue weighted by atomic mass is 10.2. The lowest BCUT2D eigenvalue weighted by Crippen LogP contribution is -2.43. The van der Waals surface area contributed by atoms with Gasteiger partial charge in [-0.15, -0.1) is 0 Å². The van der Waals surface area contributed by atoms with Gasteiger partial charge in [-0.2, -0.15) is 0 Å². The van der Waals surface area contributed by atoms with E-state index in [0.29, 0.717) is 13.2 Å². The Bertz CT molecular complexity index is 428. The molecule has 5 nitrogen and oxygen atoms in total. The number of morpholine rings is 1. The summed E-state index contributed by atoms with van der Waals surface area (Å²) in [5.41, 5.74) is 1.03. The molecule has 1 aromatic heterocycles. The van der Waals surface area contributed by atoms with Crippen LogP contribution in [0.15, 0.2) is 22.9 Å². The number of methoxy groups -OCH3 is 1. The highest BCUT2D eigenvalue weighted by molar-refractivity contribution is 9.10. The molecule has 1 aliphatic rings. The van der Waals surface area contributed by atoms with Crippen molar-refractivity contribution in [2.45, 2.75) is 12.5 Å². The van der Waals surface area contributed by atoms with Crippen LogP contribution >= 0.6 is 15.9 Å². The predicted molar refractivity (Wildman–Crippen MR) is 70.5 cm³/mol. The Balaban J connectivity index is 2.00. The summed E-state index contributed by atoms with van der Waals surface area (Å²) < 4.78 is 11.2. The number of rotatable bonds is 3. The van der Waals surface area contributed by atoms with Crippen molar-refractivity contribution in [3.8, 4) is 0 Å². The Hall–Kier alpha value is -1.14. The standard InChI is InChI=1S/C12H15BrN2O3/c1-17-12(16)5-11-8-15(2-3-18-11)10-4-9(13)6-14-7-10/h4,6-7,11H,2-3,5,8H2,1H3/t11-/m0/s1. The van der Waals surface area contributed by atoms with E-state index in [4.69, 9.17) is 4.74 Å². The van der Waals surface area contributed by atoms with Crippen LogP contribution in [0.1, 0.15) is 6.42 Å². The number of anilines is 1. The fraction of sp³-hybridized carbons (Fsp3) is 0.500. The van der Waals surface area contributed by atoms with Gasteiger partial charge in [-0.05, 0) is 22.0 Å². The number of nitrogens with zero attached hydrogens (tertiary/aromatic N) is 2. The monoisotopic (exact) mass is 314 g/mol. The summed E-state index contributed by atoms with van der Waals surface area (Å²) in [6.07, 6.45) is 3.72. The van der Waals surface area contributed by atoms with Gasteiger partial charge in [0.25, 0.3) is 0 Å². The van der Waals surface area contributed by atoms with Gasteiger partial charge in [0.1, 0.15) is 0 Å². The van der Waals surface area contributed by atoms with Crippen LogP contribution in [0.25, 0.3) is 0 Å². The molecule has 1 saturated heterocycles. The summed E-state index contributed by atoms with van der Waals surface area (Å²) in [6.45, 7) is 2.08. The predicted octanol–water partition coefficient (Wildman–Crippen LogP) is 1.61. The van der Waals surface area contributed by atoms with E-state index in [1.165, 1.54) is 7.11 Å². The molecule has 0 bridgehead atoms. The second kappa shape index (κ2) is 6.15. The zero-order valence-corrected chi connectivity index (χ0v) is 11.7. The van der Waals surface area contributed by atoms with Crippen LogP contribution in [0, 0.1) is 0 Å². The Labute approximate surface area is 114 Å². The summed E-state index contributed by atoms with van der Waals surface area (Å²) in [5, 5.41) is 0. The van der Waals surface area contributed by atoms with Gasteiger partial charge in [0, 0.05) is 23.8 Å². The van der Waals surface area contributed by atoms with E-state index in [1.54, 1.807) is 6.20 Å². The van der Waals surface area contributed by atoms with Crippen molar-refractivity contribution in [2.75, 3.05) is 31.7 Å². The Morgan fingerprint density at radius 2 is 2.50 bits per heavy atom. The van der Waals surface area contributed by atoms with E-state index in [9.17, 15) is 4.79 Å². The SMILES string of the molecule is COC(=O)C[C@H]1CN(c2cncc(Br)c2)CCO1. The largest absolute Gasteiger partial charge is 0.469 e. The van der Waals surface area contributed by atoms with Crippen LogP contribution in [0.5, 0.6) is 0 Å². The zero-order chi connectivity index (χ0) is 13.0. The molecule has 1 aliphatic heterocycles. The lowest BCUT2D eigenvalue weighted by molar-refractivity contribution is -0.144. The number of carbonyl (C=O) groups is 1. The van der Waals surface area contributed by atoms with E-state index >= 15 is 0 Å². The minimum Gasteiger partial charge on any atom is -0.469 e. The van der Waals surface area contributed by atoms with E-state index in [1.807, 2.05) is 12.3 Å². The highest BCUT2D eigenvalue weighted by Crippen LogP contribution is 2.21. The molecule has 0 N–H and O–H groups in total. The molecule has 1 fully saturated rings. The number of esters is 1. The molecule has 0 amide bonds. The summed E-state index contributed by atoms with van der Waals surface area (Å²) in [7, 11) is 1.39. The number of pyridine rings is 1. The van der Waals surface area contributed by atoms with Crippen molar-refractivity contribution < 1.29 is 14.3 Å². The highest BCUT2D eigenvalue weighted by atomic mass is 79.9. The van der Waals surface area contributed by atoms with Gasteiger partial charge < -0.3 is 14.4 Å².